The quantitative estimate of drug-likeness (QED) is 0.627. The average molecular weight is 199 g/mol. The van der Waals surface area contributed by atoms with Crippen LogP contribution in [0.1, 0.15) is 5.69 Å². The van der Waals surface area contributed by atoms with E-state index in [-0.39, 0.29) is 30.4 Å². The van der Waals surface area contributed by atoms with E-state index in [1.807, 2.05) is 4.98 Å². The predicted molar refractivity (Wildman–Crippen MR) is 46.9 cm³/mol. The number of nitrogens with one attached hydrogen (secondary N) is 2. The molecule has 0 saturated heterocycles. The van der Waals surface area contributed by atoms with Crippen molar-refractivity contribution in [2.45, 2.75) is 6.92 Å². The van der Waals surface area contributed by atoms with Gasteiger partial charge < -0.3 is 4.98 Å². The Bertz CT molecular complexity index is 288. The number of halogens is 2. The first-order valence-corrected chi connectivity index (χ1v) is 2.49. The van der Waals surface area contributed by atoms with Crippen molar-refractivity contribution < 1.29 is 0 Å². The summed E-state index contributed by atoms with van der Waals surface area (Å²) in [5.41, 5.74) is -0.250. The molecule has 0 fully saturated rings. The molecule has 1 heterocycles. The van der Waals surface area contributed by atoms with Gasteiger partial charge in [0, 0.05) is 11.8 Å². The van der Waals surface area contributed by atoms with Crippen molar-refractivity contribution in [3.05, 3.63) is 32.6 Å². The van der Waals surface area contributed by atoms with Crippen molar-refractivity contribution in [1.82, 2.24) is 9.97 Å². The molecule has 0 aliphatic carbocycles. The second-order valence-corrected chi connectivity index (χ2v) is 1.77. The molecular weight excluding hydrogens is 191 g/mol. The van der Waals surface area contributed by atoms with E-state index in [1.54, 1.807) is 6.92 Å². The first-order valence-electron chi connectivity index (χ1n) is 2.49. The third kappa shape index (κ3) is 3.85. The Labute approximate surface area is 74.9 Å². The van der Waals surface area contributed by atoms with Gasteiger partial charge in [0.25, 0.3) is 5.56 Å². The van der Waals surface area contributed by atoms with Crippen LogP contribution in [0.5, 0.6) is 0 Å². The fourth-order valence-electron chi connectivity index (χ4n) is 0.591. The molecule has 6 heteroatoms. The molecule has 1 rings (SSSR count). The average Bonchev–Trinajstić information content (AvgIpc) is 1.59. The second-order valence-electron chi connectivity index (χ2n) is 1.77. The van der Waals surface area contributed by atoms with Gasteiger partial charge in [-0.2, -0.15) is 0 Å². The molecule has 11 heavy (non-hydrogen) atoms. The Hall–Kier alpha value is -0.740. The summed E-state index contributed by atoms with van der Waals surface area (Å²) < 4.78 is 0. The van der Waals surface area contributed by atoms with Crippen molar-refractivity contribution in [2.24, 2.45) is 0 Å². The van der Waals surface area contributed by atoms with E-state index in [0.29, 0.717) is 5.69 Å². The highest BCUT2D eigenvalue weighted by Crippen LogP contribution is 1.73. The van der Waals surface area contributed by atoms with Crippen LogP contribution < -0.4 is 11.2 Å². The number of aromatic nitrogens is 2. The lowest BCUT2D eigenvalue weighted by Crippen LogP contribution is -2.21. The molecule has 0 bridgehead atoms. The molecular formula is C5H8Cl2N2O2. The molecule has 0 radical (unpaired) electrons. The summed E-state index contributed by atoms with van der Waals surface area (Å²) in [7, 11) is 0. The van der Waals surface area contributed by atoms with Crippen LogP contribution in [0, 0.1) is 6.92 Å². The summed E-state index contributed by atoms with van der Waals surface area (Å²) in [4.78, 5) is 25.3. The lowest BCUT2D eigenvalue weighted by atomic mass is 10.5. The van der Waals surface area contributed by atoms with Gasteiger partial charge in [0.1, 0.15) is 0 Å². The van der Waals surface area contributed by atoms with Gasteiger partial charge >= 0.3 is 5.69 Å². The van der Waals surface area contributed by atoms with Gasteiger partial charge in [-0.3, -0.25) is 9.78 Å². The summed E-state index contributed by atoms with van der Waals surface area (Å²) in [5, 5.41) is 0. The van der Waals surface area contributed by atoms with Crippen LogP contribution in [0.3, 0.4) is 0 Å². The number of aromatic amines is 2. The lowest BCUT2D eigenvalue weighted by molar-refractivity contribution is 0.994. The Balaban J connectivity index is 0. The summed E-state index contributed by atoms with van der Waals surface area (Å²) >= 11 is 0. The van der Waals surface area contributed by atoms with Crippen LogP contribution in [0.25, 0.3) is 0 Å². The normalized spacial score (nSPS) is 7.73. The smallest absolute Gasteiger partial charge is 0.312 e. The zero-order chi connectivity index (χ0) is 6.85. The van der Waals surface area contributed by atoms with Crippen LogP contribution >= 0.6 is 24.8 Å². The zero-order valence-electron chi connectivity index (χ0n) is 5.71. The van der Waals surface area contributed by atoms with Gasteiger partial charge in [-0.05, 0) is 6.92 Å². The van der Waals surface area contributed by atoms with E-state index in [1.165, 1.54) is 6.07 Å². The van der Waals surface area contributed by atoms with Crippen LogP contribution in [0.15, 0.2) is 15.7 Å². The number of hydrogen-bond acceptors (Lipinski definition) is 2. The van der Waals surface area contributed by atoms with Crippen LogP contribution in [-0.4, -0.2) is 9.97 Å². The molecule has 64 valence electrons. The molecule has 0 atom stereocenters. The Morgan fingerprint density at radius 3 is 2.09 bits per heavy atom. The van der Waals surface area contributed by atoms with Crippen molar-refractivity contribution in [2.75, 3.05) is 0 Å². The Morgan fingerprint density at radius 1 is 1.18 bits per heavy atom. The largest absolute Gasteiger partial charge is 0.325 e. The molecule has 0 unspecified atom stereocenters. The highest BCUT2D eigenvalue weighted by atomic mass is 35.5. The van der Waals surface area contributed by atoms with E-state index >= 15 is 0 Å². The molecule has 0 amide bonds. The molecule has 0 spiro atoms. The molecule has 0 aliphatic heterocycles. The summed E-state index contributed by atoms with van der Waals surface area (Å²) in [6, 6.07) is 1.32. The second kappa shape index (κ2) is 4.98. The number of aryl methyl sites for hydroxylation is 1. The third-order valence-electron chi connectivity index (χ3n) is 0.895. The summed E-state index contributed by atoms with van der Waals surface area (Å²) in [5.74, 6) is 0. The van der Waals surface area contributed by atoms with Crippen LogP contribution in [0.4, 0.5) is 0 Å². The minimum absolute atomic E-state index is 0. The van der Waals surface area contributed by atoms with E-state index < -0.39 is 5.69 Å². The number of H-pyrrole nitrogens is 2. The van der Waals surface area contributed by atoms with Gasteiger partial charge in [-0.25, -0.2) is 4.79 Å². The Kier molecular flexibility index (Phi) is 5.84. The predicted octanol–water partition coefficient (Wildman–Crippen LogP) is 0.215. The van der Waals surface area contributed by atoms with E-state index in [0.717, 1.165) is 0 Å². The molecule has 0 aromatic carbocycles. The molecule has 0 aliphatic rings. The van der Waals surface area contributed by atoms with Gasteiger partial charge in [-0.1, -0.05) is 0 Å². The van der Waals surface area contributed by atoms with Gasteiger partial charge in [0.15, 0.2) is 0 Å². The fraction of sp³-hybridized carbons (Fsp3) is 0.200. The highest BCUT2D eigenvalue weighted by Gasteiger charge is 1.86. The topological polar surface area (TPSA) is 65.7 Å². The third-order valence-corrected chi connectivity index (χ3v) is 0.895. The maximum Gasteiger partial charge on any atom is 0.325 e. The minimum Gasteiger partial charge on any atom is -0.312 e. The number of rotatable bonds is 0. The molecule has 2 N–H and O–H groups in total. The van der Waals surface area contributed by atoms with Crippen LogP contribution in [0.2, 0.25) is 0 Å². The zero-order valence-corrected chi connectivity index (χ0v) is 7.34. The molecule has 1 aromatic rings. The van der Waals surface area contributed by atoms with Gasteiger partial charge in [0.05, 0.1) is 0 Å². The van der Waals surface area contributed by atoms with Gasteiger partial charge in [-0.15, -0.1) is 24.8 Å². The molecule has 4 nitrogen and oxygen atoms in total. The van der Waals surface area contributed by atoms with E-state index in [4.69, 9.17) is 0 Å². The van der Waals surface area contributed by atoms with Crippen molar-refractivity contribution >= 4 is 24.8 Å². The molecule has 0 saturated carbocycles. The van der Waals surface area contributed by atoms with Crippen molar-refractivity contribution in [1.29, 1.82) is 0 Å². The lowest BCUT2D eigenvalue weighted by Gasteiger charge is -1.85. The standard InChI is InChI=1S/C5H6N2O2.2ClH/c1-3-2-4(8)7-5(9)6-3;;/h2H,1H3,(H2,6,7,8,9);2*1H. The number of hydrogen-bond donors (Lipinski definition) is 2. The van der Waals surface area contributed by atoms with E-state index in [2.05, 4.69) is 4.98 Å². The maximum atomic E-state index is 10.4. The monoisotopic (exact) mass is 198 g/mol. The molecule has 1 aromatic heterocycles. The fourth-order valence-corrected chi connectivity index (χ4v) is 0.591. The van der Waals surface area contributed by atoms with Gasteiger partial charge in [0.2, 0.25) is 0 Å². The highest BCUT2D eigenvalue weighted by molar-refractivity contribution is 5.85. The van der Waals surface area contributed by atoms with Crippen molar-refractivity contribution in [3.63, 3.8) is 0 Å². The Morgan fingerprint density at radius 2 is 1.73 bits per heavy atom. The van der Waals surface area contributed by atoms with E-state index in [9.17, 15) is 9.59 Å². The SMILES string of the molecule is Cc1cc(=O)[nH]c(=O)[nH]1.Cl.Cl. The first kappa shape index (κ1) is 12.9. The maximum absolute atomic E-state index is 10.4. The summed E-state index contributed by atoms with van der Waals surface area (Å²) in [6.45, 7) is 1.65. The minimum atomic E-state index is -0.458. The summed E-state index contributed by atoms with van der Waals surface area (Å²) in [6.07, 6.45) is 0. The van der Waals surface area contributed by atoms with Crippen LogP contribution in [-0.2, 0) is 0 Å². The first-order chi connectivity index (χ1) is 4.18. The van der Waals surface area contributed by atoms with Crippen molar-refractivity contribution in [3.8, 4) is 0 Å².